The van der Waals surface area contributed by atoms with Gasteiger partial charge in [-0.3, -0.25) is 0 Å². The molecule has 2 aromatic carbocycles. The molecule has 3 rings (SSSR count). The summed E-state index contributed by atoms with van der Waals surface area (Å²) in [5.74, 6) is 1.88. The number of phenols is 1. The van der Waals surface area contributed by atoms with Gasteiger partial charge >= 0.3 is 0 Å². The zero-order valence-corrected chi connectivity index (χ0v) is 11.8. The van der Waals surface area contributed by atoms with E-state index in [1.54, 1.807) is 24.5 Å². The van der Waals surface area contributed by atoms with Gasteiger partial charge in [-0.1, -0.05) is 6.07 Å². The number of ether oxygens (including phenoxy) is 2. The molecular weight excluding hydrogens is 272 g/mol. The molecule has 0 aliphatic heterocycles. The summed E-state index contributed by atoms with van der Waals surface area (Å²) >= 11 is 1.61. The third-order valence-corrected chi connectivity index (χ3v) is 4.10. The average Bonchev–Trinajstić information content (AvgIpc) is 2.90. The van der Waals surface area contributed by atoms with Crippen LogP contribution in [-0.4, -0.2) is 12.2 Å². The largest absolute Gasteiger partial charge is 0.507 e. The lowest BCUT2D eigenvalue weighted by molar-refractivity contribution is 0.307. The predicted octanol–water partition coefficient (Wildman–Crippen LogP) is 4.19. The standard InChI is InChI=1S/C16H14O3S/c1-18-12-5-7-13(8-6-12)19-9-11-10-20-15-4-2-3-14(17)16(11)15/h2-8,10,17H,9H2,1H3. The lowest BCUT2D eigenvalue weighted by Gasteiger charge is -2.07. The van der Waals surface area contributed by atoms with E-state index < -0.39 is 0 Å². The zero-order chi connectivity index (χ0) is 13.9. The number of rotatable bonds is 4. The summed E-state index contributed by atoms with van der Waals surface area (Å²) in [5.41, 5.74) is 0.999. The Balaban J connectivity index is 1.79. The van der Waals surface area contributed by atoms with Crippen LogP contribution in [0, 0.1) is 0 Å². The Labute approximate surface area is 121 Å². The van der Waals surface area contributed by atoms with Crippen LogP contribution in [0.4, 0.5) is 0 Å². The first-order valence-electron chi connectivity index (χ1n) is 6.23. The maximum Gasteiger partial charge on any atom is 0.124 e. The number of benzene rings is 2. The lowest BCUT2D eigenvalue weighted by atomic mass is 10.1. The van der Waals surface area contributed by atoms with Crippen LogP contribution < -0.4 is 9.47 Å². The maximum absolute atomic E-state index is 9.94. The minimum atomic E-state index is 0.303. The summed E-state index contributed by atoms with van der Waals surface area (Å²) in [7, 11) is 1.64. The van der Waals surface area contributed by atoms with E-state index in [1.807, 2.05) is 41.8 Å². The van der Waals surface area contributed by atoms with Crippen molar-refractivity contribution < 1.29 is 14.6 Å². The Bertz CT molecular complexity index is 716. The summed E-state index contributed by atoms with van der Waals surface area (Å²) in [6.45, 7) is 0.434. The van der Waals surface area contributed by atoms with E-state index in [2.05, 4.69) is 0 Å². The molecule has 0 bridgehead atoms. The van der Waals surface area contributed by atoms with Crippen molar-refractivity contribution in [2.75, 3.05) is 7.11 Å². The molecule has 3 nitrogen and oxygen atoms in total. The molecule has 0 spiro atoms. The van der Waals surface area contributed by atoms with Gasteiger partial charge in [0.2, 0.25) is 0 Å². The molecular formula is C16H14O3S. The normalized spacial score (nSPS) is 10.7. The van der Waals surface area contributed by atoms with Gasteiger partial charge in [0.15, 0.2) is 0 Å². The van der Waals surface area contributed by atoms with E-state index in [-0.39, 0.29) is 0 Å². The Morgan fingerprint density at radius 3 is 2.55 bits per heavy atom. The molecule has 1 heterocycles. The number of methoxy groups -OCH3 is 1. The first kappa shape index (κ1) is 12.8. The van der Waals surface area contributed by atoms with Crippen molar-refractivity contribution in [1.29, 1.82) is 0 Å². The highest BCUT2D eigenvalue weighted by atomic mass is 32.1. The molecule has 3 aromatic rings. The topological polar surface area (TPSA) is 38.7 Å². The molecule has 0 saturated carbocycles. The molecule has 0 atom stereocenters. The van der Waals surface area contributed by atoms with Crippen molar-refractivity contribution in [1.82, 2.24) is 0 Å². The molecule has 20 heavy (non-hydrogen) atoms. The highest BCUT2D eigenvalue weighted by molar-refractivity contribution is 7.17. The summed E-state index contributed by atoms with van der Waals surface area (Å²) in [4.78, 5) is 0. The van der Waals surface area contributed by atoms with E-state index >= 15 is 0 Å². The summed E-state index contributed by atoms with van der Waals surface area (Å²) in [6.07, 6.45) is 0. The number of aromatic hydroxyl groups is 1. The SMILES string of the molecule is COc1ccc(OCc2csc3cccc(O)c23)cc1. The first-order chi connectivity index (χ1) is 9.78. The molecule has 0 saturated heterocycles. The Hall–Kier alpha value is -2.20. The lowest BCUT2D eigenvalue weighted by Crippen LogP contribution is -1.94. The van der Waals surface area contributed by atoms with Crippen molar-refractivity contribution in [2.45, 2.75) is 6.61 Å². The fourth-order valence-electron chi connectivity index (χ4n) is 2.07. The molecule has 1 N–H and O–H groups in total. The average molecular weight is 286 g/mol. The van der Waals surface area contributed by atoms with Crippen molar-refractivity contribution in [3.8, 4) is 17.2 Å². The molecule has 0 aliphatic carbocycles. The van der Waals surface area contributed by atoms with Crippen LogP contribution in [0.25, 0.3) is 10.1 Å². The molecule has 0 amide bonds. The van der Waals surface area contributed by atoms with E-state index in [0.29, 0.717) is 12.4 Å². The van der Waals surface area contributed by atoms with Crippen LogP contribution in [0.3, 0.4) is 0 Å². The van der Waals surface area contributed by atoms with Crippen LogP contribution in [0.5, 0.6) is 17.2 Å². The number of hydrogen-bond acceptors (Lipinski definition) is 4. The molecule has 0 fully saturated rings. The smallest absolute Gasteiger partial charge is 0.124 e. The molecule has 0 aliphatic rings. The highest BCUT2D eigenvalue weighted by Gasteiger charge is 2.08. The van der Waals surface area contributed by atoms with Crippen LogP contribution >= 0.6 is 11.3 Å². The highest BCUT2D eigenvalue weighted by Crippen LogP contribution is 2.33. The van der Waals surface area contributed by atoms with E-state index in [0.717, 1.165) is 27.1 Å². The van der Waals surface area contributed by atoms with Crippen molar-refractivity contribution in [2.24, 2.45) is 0 Å². The third kappa shape index (κ3) is 2.42. The van der Waals surface area contributed by atoms with Gasteiger partial charge in [-0.15, -0.1) is 11.3 Å². The third-order valence-electron chi connectivity index (χ3n) is 3.11. The number of hydrogen-bond donors (Lipinski definition) is 1. The van der Waals surface area contributed by atoms with Crippen LogP contribution in [-0.2, 0) is 6.61 Å². The van der Waals surface area contributed by atoms with Crippen LogP contribution in [0.2, 0.25) is 0 Å². The number of thiophene rings is 1. The van der Waals surface area contributed by atoms with Crippen LogP contribution in [0.1, 0.15) is 5.56 Å². The van der Waals surface area contributed by atoms with Crippen molar-refractivity contribution in [3.05, 3.63) is 53.4 Å². The predicted molar refractivity (Wildman–Crippen MR) is 80.8 cm³/mol. The second-order valence-corrected chi connectivity index (χ2v) is 5.29. The van der Waals surface area contributed by atoms with Crippen LogP contribution in [0.15, 0.2) is 47.8 Å². The van der Waals surface area contributed by atoms with Gasteiger partial charge in [-0.2, -0.15) is 0 Å². The second kappa shape index (κ2) is 5.43. The molecule has 102 valence electrons. The van der Waals surface area contributed by atoms with E-state index in [1.165, 1.54) is 0 Å². The summed E-state index contributed by atoms with van der Waals surface area (Å²) in [6, 6.07) is 13.0. The van der Waals surface area contributed by atoms with Crippen molar-refractivity contribution in [3.63, 3.8) is 0 Å². The van der Waals surface area contributed by atoms with Gasteiger partial charge in [0.25, 0.3) is 0 Å². The second-order valence-electron chi connectivity index (χ2n) is 4.38. The Kier molecular flexibility index (Phi) is 3.48. The van der Waals surface area contributed by atoms with Gasteiger partial charge in [-0.05, 0) is 41.8 Å². The van der Waals surface area contributed by atoms with Crippen molar-refractivity contribution >= 4 is 21.4 Å². The minimum absolute atomic E-state index is 0.303. The zero-order valence-electron chi connectivity index (χ0n) is 11.0. The van der Waals surface area contributed by atoms with Gasteiger partial charge in [0, 0.05) is 15.6 Å². The quantitative estimate of drug-likeness (QED) is 0.781. The maximum atomic E-state index is 9.94. The molecule has 4 heteroatoms. The van der Waals surface area contributed by atoms with E-state index in [9.17, 15) is 5.11 Å². The number of phenolic OH excluding ortho intramolecular Hbond substituents is 1. The number of fused-ring (bicyclic) bond motifs is 1. The van der Waals surface area contributed by atoms with Gasteiger partial charge in [0.1, 0.15) is 23.9 Å². The van der Waals surface area contributed by atoms with Gasteiger partial charge in [-0.25, -0.2) is 0 Å². The van der Waals surface area contributed by atoms with E-state index in [4.69, 9.17) is 9.47 Å². The summed E-state index contributed by atoms with van der Waals surface area (Å²) < 4.78 is 11.9. The molecule has 0 radical (unpaired) electrons. The summed E-state index contributed by atoms with van der Waals surface area (Å²) in [5, 5.41) is 12.8. The fourth-order valence-corrected chi connectivity index (χ4v) is 3.04. The Morgan fingerprint density at radius 2 is 1.80 bits per heavy atom. The minimum Gasteiger partial charge on any atom is -0.507 e. The first-order valence-corrected chi connectivity index (χ1v) is 7.11. The Morgan fingerprint density at radius 1 is 1.05 bits per heavy atom. The monoisotopic (exact) mass is 286 g/mol. The van der Waals surface area contributed by atoms with Gasteiger partial charge in [0.05, 0.1) is 7.11 Å². The molecule has 1 aromatic heterocycles. The fraction of sp³-hybridized carbons (Fsp3) is 0.125. The van der Waals surface area contributed by atoms with Gasteiger partial charge < -0.3 is 14.6 Å². The molecule has 0 unspecified atom stereocenters.